The molecular weight excluding hydrogens is 543 g/mol. The Hall–Kier alpha value is -2.82. The van der Waals surface area contributed by atoms with E-state index in [-0.39, 0.29) is 41.8 Å². The van der Waals surface area contributed by atoms with Crippen molar-refractivity contribution >= 4 is 53.1 Å². The SMILES string of the molecule is CN=C(NCCC(=O)N1CCN(c2ccccc2)CC1)NC1CC(=O)N(c2ccccc2)C1.I. The van der Waals surface area contributed by atoms with E-state index in [0.717, 1.165) is 31.9 Å². The van der Waals surface area contributed by atoms with E-state index in [1.54, 1.807) is 11.9 Å². The number of amides is 2. The van der Waals surface area contributed by atoms with E-state index in [9.17, 15) is 9.59 Å². The molecule has 2 aromatic carbocycles. The highest BCUT2D eigenvalue weighted by atomic mass is 127. The Morgan fingerprint density at radius 1 is 0.971 bits per heavy atom. The average molecular weight is 576 g/mol. The van der Waals surface area contributed by atoms with Gasteiger partial charge in [0, 0.05) is 70.5 Å². The zero-order valence-corrected chi connectivity index (χ0v) is 21.9. The first-order valence-electron chi connectivity index (χ1n) is 11.5. The summed E-state index contributed by atoms with van der Waals surface area (Å²) in [6.07, 6.45) is 0.825. The van der Waals surface area contributed by atoms with Crippen LogP contribution < -0.4 is 20.4 Å². The number of benzene rings is 2. The Kier molecular flexibility index (Phi) is 9.55. The molecule has 2 aromatic rings. The molecule has 0 bridgehead atoms. The van der Waals surface area contributed by atoms with Gasteiger partial charge in [0.25, 0.3) is 0 Å². The zero-order chi connectivity index (χ0) is 23.0. The van der Waals surface area contributed by atoms with Crippen LogP contribution in [0, 0.1) is 0 Å². The lowest BCUT2D eigenvalue weighted by Gasteiger charge is -2.36. The maximum absolute atomic E-state index is 12.7. The molecule has 1 atom stereocenters. The summed E-state index contributed by atoms with van der Waals surface area (Å²) in [7, 11) is 1.70. The molecule has 1 unspecified atom stereocenters. The smallest absolute Gasteiger partial charge is 0.229 e. The Morgan fingerprint density at radius 2 is 1.59 bits per heavy atom. The molecule has 0 aromatic heterocycles. The van der Waals surface area contributed by atoms with E-state index in [0.29, 0.717) is 31.9 Å². The molecule has 2 aliphatic heterocycles. The van der Waals surface area contributed by atoms with Crippen molar-refractivity contribution in [2.45, 2.75) is 18.9 Å². The first kappa shape index (κ1) is 25.8. The van der Waals surface area contributed by atoms with Crippen LogP contribution >= 0.6 is 24.0 Å². The maximum atomic E-state index is 12.7. The quantitative estimate of drug-likeness (QED) is 0.314. The largest absolute Gasteiger partial charge is 0.368 e. The van der Waals surface area contributed by atoms with Crippen LogP contribution in [0.2, 0.25) is 0 Å². The number of aliphatic imine (C=N–C) groups is 1. The van der Waals surface area contributed by atoms with Gasteiger partial charge in [-0.1, -0.05) is 36.4 Å². The summed E-state index contributed by atoms with van der Waals surface area (Å²) in [4.78, 5) is 35.4. The Morgan fingerprint density at radius 3 is 2.21 bits per heavy atom. The number of nitrogens with one attached hydrogen (secondary N) is 2. The van der Waals surface area contributed by atoms with Crippen LogP contribution in [0.3, 0.4) is 0 Å². The molecule has 2 heterocycles. The third kappa shape index (κ3) is 6.62. The van der Waals surface area contributed by atoms with Gasteiger partial charge in [-0.3, -0.25) is 14.6 Å². The number of halogens is 1. The summed E-state index contributed by atoms with van der Waals surface area (Å²) in [5, 5.41) is 6.54. The molecular formula is C25H33IN6O2. The summed E-state index contributed by atoms with van der Waals surface area (Å²) in [5.41, 5.74) is 2.12. The molecule has 182 valence electrons. The van der Waals surface area contributed by atoms with Gasteiger partial charge in [-0.05, 0) is 24.3 Å². The van der Waals surface area contributed by atoms with Gasteiger partial charge < -0.3 is 25.3 Å². The molecule has 0 saturated carbocycles. The van der Waals surface area contributed by atoms with Crippen molar-refractivity contribution in [2.24, 2.45) is 4.99 Å². The number of rotatable bonds is 6. The van der Waals surface area contributed by atoms with Gasteiger partial charge in [-0.25, -0.2) is 0 Å². The van der Waals surface area contributed by atoms with Crippen LogP contribution in [0.1, 0.15) is 12.8 Å². The number of hydrogen-bond acceptors (Lipinski definition) is 4. The number of guanidine groups is 1. The van der Waals surface area contributed by atoms with Crippen molar-refractivity contribution in [3.63, 3.8) is 0 Å². The Bertz CT molecular complexity index is 964. The fraction of sp³-hybridized carbons (Fsp3) is 0.400. The van der Waals surface area contributed by atoms with Gasteiger partial charge in [-0.2, -0.15) is 0 Å². The lowest BCUT2D eigenvalue weighted by atomic mass is 10.2. The van der Waals surface area contributed by atoms with Crippen LogP contribution in [-0.2, 0) is 9.59 Å². The number of piperazine rings is 1. The second kappa shape index (κ2) is 12.6. The van der Waals surface area contributed by atoms with Gasteiger partial charge in [0.05, 0.1) is 6.04 Å². The number of carbonyl (C=O) groups excluding carboxylic acids is 2. The van der Waals surface area contributed by atoms with Crippen molar-refractivity contribution in [2.75, 3.05) is 56.1 Å². The fourth-order valence-corrected chi connectivity index (χ4v) is 4.35. The van der Waals surface area contributed by atoms with Gasteiger partial charge in [-0.15, -0.1) is 24.0 Å². The highest BCUT2D eigenvalue weighted by Crippen LogP contribution is 2.21. The summed E-state index contributed by atoms with van der Waals surface area (Å²) < 4.78 is 0. The lowest BCUT2D eigenvalue weighted by molar-refractivity contribution is -0.131. The molecule has 2 fully saturated rings. The fourth-order valence-electron chi connectivity index (χ4n) is 4.35. The molecule has 2 N–H and O–H groups in total. The Labute approximate surface area is 218 Å². The highest BCUT2D eigenvalue weighted by Gasteiger charge is 2.31. The minimum Gasteiger partial charge on any atom is -0.368 e. The first-order chi connectivity index (χ1) is 16.1. The van der Waals surface area contributed by atoms with Gasteiger partial charge >= 0.3 is 0 Å². The van der Waals surface area contributed by atoms with Crippen molar-refractivity contribution in [1.82, 2.24) is 15.5 Å². The van der Waals surface area contributed by atoms with Gasteiger partial charge in [0.1, 0.15) is 0 Å². The number of nitrogens with zero attached hydrogens (tertiary/aromatic N) is 4. The standard InChI is InChI=1S/C25H32N6O2.HI/c1-26-25(28-20-18-24(33)31(19-20)22-10-6-3-7-11-22)27-13-12-23(32)30-16-14-29(15-17-30)21-8-4-2-5-9-21;/h2-11,20H,12-19H2,1H3,(H2,26,27,28);1H. The average Bonchev–Trinajstić information content (AvgIpc) is 3.24. The number of hydrogen-bond donors (Lipinski definition) is 2. The molecule has 34 heavy (non-hydrogen) atoms. The normalized spacial score (nSPS) is 18.5. The van der Waals surface area contributed by atoms with E-state index in [1.807, 2.05) is 53.4 Å². The van der Waals surface area contributed by atoms with Crippen LogP contribution in [0.4, 0.5) is 11.4 Å². The third-order valence-electron chi connectivity index (χ3n) is 6.14. The number of anilines is 2. The van der Waals surface area contributed by atoms with Gasteiger partial charge in [0.15, 0.2) is 5.96 Å². The lowest BCUT2D eigenvalue weighted by Crippen LogP contribution is -2.50. The number of carbonyl (C=O) groups is 2. The summed E-state index contributed by atoms with van der Waals surface area (Å²) in [6.45, 7) is 4.26. The highest BCUT2D eigenvalue weighted by molar-refractivity contribution is 14.0. The molecule has 0 aliphatic carbocycles. The van der Waals surface area contributed by atoms with Crippen LogP contribution in [0.15, 0.2) is 65.7 Å². The summed E-state index contributed by atoms with van der Waals surface area (Å²) in [6, 6.07) is 20.0. The van der Waals surface area contributed by atoms with Crippen molar-refractivity contribution in [1.29, 1.82) is 0 Å². The van der Waals surface area contributed by atoms with Crippen molar-refractivity contribution in [3.05, 3.63) is 60.7 Å². The summed E-state index contributed by atoms with van der Waals surface area (Å²) >= 11 is 0. The summed E-state index contributed by atoms with van der Waals surface area (Å²) in [5.74, 6) is 0.861. The van der Waals surface area contributed by atoms with E-state index in [4.69, 9.17) is 0 Å². The maximum Gasteiger partial charge on any atom is 0.229 e. The van der Waals surface area contributed by atoms with Gasteiger partial charge in [0.2, 0.25) is 11.8 Å². The van der Waals surface area contributed by atoms with E-state index >= 15 is 0 Å². The van der Waals surface area contributed by atoms with E-state index < -0.39 is 0 Å². The minimum absolute atomic E-state index is 0. The predicted octanol–water partition coefficient (Wildman–Crippen LogP) is 2.31. The van der Waals surface area contributed by atoms with Crippen molar-refractivity contribution in [3.8, 4) is 0 Å². The van der Waals surface area contributed by atoms with E-state index in [1.165, 1.54) is 5.69 Å². The molecule has 4 rings (SSSR count). The van der Waals surface area contributed by atoms with Crippen LogP contribution in [0.5, 0.6) is 0 Å². The minimum atomic E-state index is -0.0225. The molecule has 0 radical (unpaired) electrons. The van der Waals surface area contributed by atoms with Crippen molar-refractivity contribution < 1.29 is 9.59 Å². The van der Waals surface area contributed by atoms with E-state index in [2.05, 4.69) is 32.7 Å². The molecule has 9 heteroatoms. The topological polar surface area (TPSA) is 80.3 Å². The third-order valence-corrected chi connectivity index (χ3v) is 6.14. The van der Waals surface area contributed by atoms with Crippen LogP contribution in [0.25, 0.3) is 0 Å². The predicted molar refractivity (Wildman–Crippen MR) is 147 cm³/mol. The number of para-hydroxylation sites is 2. The van der Waals surface area contributed by atoms with Crippen LogP contribution in [-0.4, -0.2) is 75.0 Å². The zero-order valence-electron chi connectivity index (χ0n) is 19.5. The molecule has 0 spiro atoms. The molecule has 8 nitrogen and oxygen atoms in total. The molecule has 2 saturated heterocycles. The molecule has 2 aliphatic rings. The Balaban J connectivity index is 0.00000324. The second-order valence-corrected chi connectivity index (χ2v) is 8.34. The monoisotopic (exact) mass is 576 g/mol. The first-order valence-corrected chi connectivity index (χ1v) is 11.5. The second-order valence-electron chi connectivity index (χ2n) is 8.34. The molecule has 2 amide bonds.